The molecule has 0 fully saturated rings. The van der Waals surface area contributed by atoms with Crippen molar-refractivity contribution in [3.05, 3.63) is 54.5 Å². The molecule has 0 aliphatic carbocycles. The quantitative estimate of drug-likeness (QED) is 0.687. The van der Waals surface area contributed by atoms with Crippen molar-refractivity contribution in [3.63, 3.8) is 0 Å². The van der Waals surface area contributed by atoms with Crippen LogP contribution in [0.25, 0.3) is 22.6 Å². The van der Waals surface area contributed by atoms with Crippen LogP contribution >= 0.6 is 0 Å². The first-order valence-corrected chi connectivity index (χ1v) is 6.07. The number of hydrogen-bond donors (Lipinski definition) is 2. The van der Waals surface area contributed by atoms with Crippen LogP contribution in [0.2, 0.25) is 0 Å². The Hall–Kier alpha value is -2.62. The third kappa shape index (κ3) is 2.33. The van der Waals surface area contributed by atoms with E-state index in [-0.39, 0.29) is 0 Å². The van der Waals surface area contributed by atoms with Crippen molar-refractivity contribution in [3.8, 4) is 22.6 Å². The van der Waals surface area contributed by atoms with Crippen molar-refractivity contribution in [2.24, 2.45) is 0 Å². The third-order valence-corrected chi connectivity index (χ3v) is 2.89. The minimum Gasteiger partial charge on any atom is -0.399 e. The van der Waals surface area contributed by atoms with Crippen molar-refractivity contribution in [1.29, 1.82) is 0 Å². The molecule has 0 radical (unpaired) electrons. The van der Waals surface area contributed by atoms with Crippen LogP contribution in [0.1, 0.15) is 5.69 Å². The number of nitrogen functional groups attached to an aromatic ring is 1. The van der Waals surface area contributed by atoms with Gasteiger partial charge < -0.3 is 10.7 Å². The Morgan fingerprint density at radius 3 is 2.68 bits per heavy atom. The summed E-state index contributed by atoms with van der Waals surface area (Å²) in [6.07, 6.45) is 3.80. The zero-order chi connectivity index (χ0) is 13.2. The summed E-state index contributed by atoms with van der Waals surface area (Å²) in [6, 6.07) is 11.6. The van der Waals surface area contributed by atoms with E-state index in [1.165, 1.54) is 0 Å². The molecule has 3 aromatic rings. The Morgan fingerprint density at radius 2 is 1.95 bits per heavy atom. The number of rotatable bonds is 2. The van der Waals surface area contributed by atoms with Gasteiger partial charge in [0.25, 0.3) is 0 Å². The van der Waals surface area contributed by atoms with Gasteiger partial charge in [0, 0.05) is 34.9 Å². The van der Waals surface area contributed by atoms with Gasteiger partial charge in [0.15, 0.2) is 5.82 Å². The molecule has 0 spiro atoms. The van der Waals surface area contributed by atoms with E-state index in [0.717, 1.165) is 22.5 Å². The minimum absolute atomic E-state index is 0.698. The molecule has 0 aliphatic heterocycles. The summed E-state index contributed by atoms with van der Waals surface area (Å²) in [5, 5.41) is 0. The zero-order valence-corrected chi connectivity index (χ0v) is 10.6. The molecule has 3 N–H and O–H groups in total. The number of benzene rings is 1. The van der Waals surface area contributed by atoms with E-state index in [9.17, 15) is 0 Å². The summed E-state index contributed by atoms with van der Waals surface area (Å²) in [7, 11) is 0. The van der Waals surface area contributed by atoms with Gasteiger partial charge in [0.05, 0.1) is 5.69 Å². The number of H-pyrrole nitrogens is 1. The van der Waals surface area contributed by atoms with Crippen molar-refractivity contribution in [1.82, 2.24) is 15.0 Å². The van der Waals surface area contributed by atoms with Crippen LogP contribution in [0, 0.1) is 6.92 Å². The lowest BCUT2D eigenvalue weighted by atomic mass is 10.1. The molecule has 2 heterocycles. The number of aryl methyl sites for hydroxylation is 1. The molecule has 4 heteroatoms. The average molecular weight is 250 g/mol. The molecule has 0 saturated heterocycles. The molecule has 0 amide bonds. The molecule has 1 aromatic carbocycles. The molecule has 0 atom stereocenters. The van der Waals surface area contributed by atoms with Crippen LogP contribution in [0.5, 0.6) is 0 Å². The van der Waals surface area contributed by atoms with Gasteiger partial charge in [-0.1, -0.05) is 12.1 Å². The molecule has 19 heavy (non-hydrogen) atoms. The molecule has 0 aliphatic rings. The van der Waals surface area contributed by atoms with E-state index in [1.807, 2.05) is 55.7 Å². The van der Waals surface area contributed by atoms with Crippen LogP contribution < -0.4 is 5.73 Å². The molecule has 3 rings (SSSR count). The molecule has 2 aromatic heterocycles. The molecule has 0 bridgehead atoms. The fraction of sp³-hybridized carbons (Fsp3) is 0.0667. The van der Waals surface area contributed by atoms with Gasteiger partial charge in [-0.05, 0) is 31.2 Å². The lowest BCUT2D eigenvalue weighted by Gasteiger charge is -2.05. The smallest absolute Gasteiger partial charge is 0.160 e. The highest BCUT2D eigenvalue weighted by molar-refractivity contribution is 5.65. The van der Waals surface area contributed by atoms with Crippen molar-refractivity contribution < 1.29 is 0 Å². The second-order valence-electron chi connectivity index (χ2n) is 4.44. The third-order valence-electron chi connectivity index (χ3n) is 2.89. The number of aromatic amines is 1. The average Bonchev–Trinajstić information content (AvgIpc) is 2.92. The Balaban J connectivity index is 2.12. The second kappa shape index (κ2) is 4.57. The number of hydrogen-bond acceptors (Lipinski definition) is 3. The SMILES string of the molecule is Cc1cc(-c2cc[nH]c2)nc(-c2cccc(N)c2)n1. The first-order chi connectivity index (χ1) is 9.22. The summed E-state index contributed by atoms with van der Waals surface area (Å²) >= 11 is 0. The van der Waals surface area contributed by atoms with E-state index < -0.39 is 0 Å². The molecule has 94 valence electrons. The summed E-state index contributed by atoms with van der Waals surface area (Å²) in [6.45, 7) is 1.97. The van der Waals surface area contributed by atoms with Gasteiger partial charge >= 0.3 is 0 Å². The highest BCUT2D eigenvalue weighted by atomic mass is 14.9. The Bertz CT molecular complexity index is 702. The Kier molecular flexibility index (Phi) is 2.76. The number of nitrogens with zero attached hydrogens (tertiary/aromatic N) is 2. The van der Waals surface area contributed by atoms with Gasteiger partial charge in [-0.25, -0.2) is 9.97 Å². The van der Waals surface area contributed by atoms with Gasteiger partial charge in [-0.15, -0.1) is 0 Å². The van der Waals surface area contributed by atoms with Crippen LogP contribution in [0.3, 0.4) is 0 Å². The van der Waals surface area contributed by atoms with Gasteiger partial charge in [0.1, 0.15) is 0 Å². The van der Waals surface area contributed by atoms with Crippen molar-refractivity contribution in [2.75, 3.05) is 5.73 Å². The maximum atomic E-state index is 5.81. The van der Waals surface area contributed by atoms with E-state index in [0.29, 0.717) is 11.5 Å². The highest BCUT2D eigenvalue weighted by Crippen LogP contribution is 2.23. The lowest BCUT2D eigenvalue weighted by molar-refractivity contribution is 1.12. The molecular weight excluding hydrogens is 236 g/mol. The van der Waals surface area contributed by atoms with Crippen molar-refractivity contribution in [2.45, 2.75) is 6.92 Å². The molecule has 0 saturated carbocycles. The zero-order valence-electron chi connectivity index (χ0n) is 10.6. The van der Waals surface area contributed by atoms with E-state index in [1.54, 1.807) is 0 Å². The minimum atomic E-state index is 0.698. The van der Waals surface area contributed by atoms with Gasteiger partial charge in [-0.2, -0.15) is 0 Å². The number of anilines is 1. The summed E-state index contributed by atoms with van der Waals surface area (Å²) < 4.78 is 0. The molecular formula is C15H14N4. The van der Waals surface area contributed by atoms with Crippen molar-refractivity contribution >= 4 is 5.69 Å². The van der Waals surface area contributed by atoms with E-state index in [2.05, 4.69) is 15.0 Å². The standard InChI is InChI=1S/C15H14N4/c1-10-7-14(12-5-6-17-9-12)19-15(18-10)11-3-2-4-13(16)8-11/h2-9,17H,16H2,1H3. The monoisotopic (exact) mass is 250 g/mol. The maximum Gasteiger partial charge on any atom is 0.160 e. The van der Waals surface area contributed by atoms with Crippen LogP contribution in [0.15, 0.2) is 48.8 Å². The van der Waals surface area contributed by atoms with E-state index in [4.69, 9.17) is 5.73 Å². The van der Waals surface area contributed by atoms with Crippen LogP contribution in [-0.2, 0) is 0 Å². The summed E-state index contributed by atoms with van der Waals surface area (Å²) in [4.78, 5) is 12.1. The first-order valence-electron chi connectivity index (χ1n) is 6.07. The lowest BCUT2D eigenvalue weighted by Crippen LogP contribution is -1.95. The van der Waals surface area contributed by atoms with Gasteiger partial charge in [0.2, 0.25) is 0 Å². The maximum absolute atomic E-state index is 5.81. The van der Waals surface area contributed by atoms with E-state index >= 15 is 0 Å². The van der Waals surface area contributed by atoms with Crippen LogP contribution in [-0.4, -0.2) is 15.0 Å². The summed E-state index contributed by atoms with van der Waals surface area (Å²) in [5.41, 5.74) is 10.3. The van der Waals surface area contributed by atoms with Gasteiger partial charge in [-0.3, -0.25) is 0 Å². The summed E-state index contributed by atoms with van der Waals surface area (Å²) in [5.74, 6) is 0.698. The first kappa shape index (κ1) is 11.5. The number of aromatic nitrogens is 3. The normalized spacial score (nSPS) is 10.6. The Labute approximate surface area is 111 Å². The van der Waals surface area contributed by atoms with Crippen LogP contribution in [0.4, 0.5) is 5.69 Å². The predicted octanol–water partition coefficient (Wildman–Crippen LogP) is 3.03. The fourth-order valence-electron chi connectivity index (χ4n) is 2.01. The topological polar surface area (TPSA) is 67.6 Å². The number of nitrogens with two attached hydrogens (primary N) is 1. The fourth-order valence-corrected chi connectivity index (χ4v) is 2.01. The second-order valence-corrected chi connectivity index (χ2v) is 4.44. The largest absolute Gasteiger partial charge is 0.399 e. The molecule has 4 nitrogen and oxygen atoms in total. The molecule has 0 unspecified atom stereocenters. The predicted molar refractivity (Wildman–Crippen MR) is 76.4 cm³/mol. The number of nitrogens with one attached hydrogen (secondary N) is 1. The highest BCUT2D eigenvalue weighted by Gasteiger charge is 2.07. The Morgan fingerprint density at radius 1 is 1.05 bits per heavy atom.